The average Bonchev–Trinajstić information content (AvgIpc) is 2.63. The molecule has 0 aliphatic carbocycles. The minimum atomic E-state index is 0.127. The fraction of sp³-hybridized carbons (Fsp3) is 0.174. The van der Waals surface area contributed by atoms with Gasteiger partial charge in [0.15, 0.2) is 0 Å². The SMILES string of the molecule is CC(C)(C)c1ccc(N(c2ccccc2)c2ccc(C=O)cc2)cc1. The van der Waals surface area contributed by atoms with Gasteiger partial charge in [-0.1, -0.05) is 51.1 Å². The molecule has 0 heterocycles. The lowest BCUT2D eigenvalue weighted by Gasteiger charge is -2.27. The van der Waals surface area contributed by atoms with Crippen molar-refractivity contribution >= 4 is 23.3 Å². The third kappa shape index (κ3) is 3.80. The lowest BCUT2D eigenvalue weighted by molar-refractivity contribution is 0.112. The predicted octanol–water partition coefficient (Wildman–Crippen LogP) is 6.27. The minimum Gasteiger partial charge on any atom is -0.311 e. The number of hydrogen-bond acceptors (Lipinski definition) is 2. The number of hydrogen-bond donors (Lipinski definition) is 0. The highest BCUT2D eigenvalue weighted by molar-refractivity contribution is 5.80. The van der Waals surface area contributed by atoms with Gasteiger partial charge < -0.3 is 4.90 Å². The van der Waals surface area contributed by atoms with Crippen molar-refractivity contribution in [3.8, 4) is 0 Å². The molecule has 0 fully saturated rings. The molecule has 0 N–H and O–H groups in total. The second-order valence-electron chi connectivity index (χ2n) is 7.18. The van der Waals surface area contributed by atoms with Gasteiger partial charge in [-0.3, -0.25) is 4.79 Å². The molecule has 0 atom stereocenters. The molecular weight excluding hydrogens is 306 g/mol. The monoisotopic (exact) mass is 329 g/mol. The summed E-state index contributed by atoms with van der Waals surface area (Å²) in [5.41, 5.74) is 5.32. The first-order valence-corrected chi connectivity index (χ1v) is 8.50. The van der Waals surface area contributed by atoms with Crippen LogP contribution in [0.3, 0.4) is 0 Å². The zero-order chi connectivity index (χ0) is 17.9. The van der Waals surface area contributed by atoms with Crippen LogP contribution >= 0.6 is 0 Å². The first-order chi connectivity index (χ1) is 12.0. The Morgan fingerprint density at radius 1 is 0.680 bits per heavy atom. The van der Waals surface area contributed by atoms with Crippen LogP contribution in [0, 0.1) is 0 Å². The van der Waals surface area contributed by atoms with Crippen LogP contribution < -0.4 is 4.90 Å². The molecule has 3 aromatic rings. The Labute approximate surface area is 149 Å². The second kappa shape index (κ2) is 6.94. The Morgan fingerprint density at radius 3 is 1.64 bits per heavy atom. The lowest BCUT2D eigenvalue weighted by Crippen LogP contribution is -2.13. The van der Waals surface area contributed by atoms with E-state index >= 15 is 0 Å². The number of nitrogens with zero attached hydrogens (tertiary/aromatic N) is 1. The largest absolute Gasteiger partial charge is 0.311 e. The van der Waals surface area contributed by atoms with Crippen LogP contribution in [0.15, 0.2) is 78.9 Å². The highest BCUT2D eigenvalue weighted by atomic mass is 16.1. The number of carbonyl (C=O) groups excluding carboxylic acids is 1. The van der Waals surface area contributed by atoms with Crippen molar-refractivity contribution in [3.63, 3.8) is 0 Å². The maximum atomic E-state index is 10.9. The van der Waals surface area contributed by atoms with E-state index in [-0.39, 0.29) is 5.41 Å². The van der Waals surface area contributed by atoms with E-state index in [1.807, 2.05) is 42.5 Å². The summed E-state index contributed by atoms with van der Waals surface area (Å²) in [5.74, 6) is 0. The van der Waals surface area contributed by atoms with Crippen LogP contribution in [0.1, 0.15) is 36.7 Å². The number of carbonyl (C=O) groups is 1. The van der Waals surface area contributed by atoms with Gasteiger partial charge in [-0.05, 0) is 59.5 Å². The third-order valence-electron chi connectivity index (χ3n) is 4.29. The average molecular weight is 329 g/mol. The van der Waals surface area contributed by atoms with E-state index in [4.69, 9.17) is 0 Å². The summed E-state index contributed by atoms with van der Waals surface area (Å²) in [6, 6.07) is 26.6. The van der Waals surface area contributed by atoms with Gasteiger partial charge in [0.25, 0.3) is 0 Å². The van der Waals surface area contributed by atoms with Crippen molar-refractivity contribution in [2.75, 3.05) is 4.90 Å². The van der Waals surface area contributed by atoms with Gasteiger partial charge in [0.2, 0.25) is 0 Å². The Kier molecular flexibility index (Phi) is 4.71. The van der Waals surface area contributed by atoms with E-state index in [2.05, 4.69) is 62.1 Å². The van der Waals surface area contributed by atoms with Crippen molar-refractivity contribution in [1.29, 1.82) is 0 Å². The lowest BCUT2D eigenvalue weighted by atomic mass is 9.87. The van der Waals surface area contributed by atoms with E-state index in [1.54, 1.807) is 0 Å². The molecular formula is C23H23NO. The molecule has 0 saturated heterocycles. The predicted molar refractivity (Wildman–Crippen MR) is 105 cm³/mol. The van der Waals surface area contributed by atoms with Gasteiger partial charge in [0, 0.05) is 22.6 Å². The summed E-state index contributed by atoms with van der Waals surface area (Å²) in [6.07, 6.45) is 0.870. The normalized spacial score (nSPS) is 11.2. The highest BCUT2D eigenvalue weighted by Crippen LogP contribution is 2.35. The minimum absolute atomic E-state index is 0.127. The number of anilines is 3. The highest BCUT2D eigenvalue weighted by Gasteiger charge is 2.16. The fourth-order valence-electron chi connectivity index (χ4n) is 2.84. The third-order valence-corrected chi connectivity index (χ3v) is 4.29. The first kappa shape index (κ1) is 17.0. The summed E-state index contributed by atoms with van der Waals surface area (Å²) in [5, 5.41) is 0. The van der Waals surface area contributed by atoms with Crippen molar-refractivity contribution < 1.29 is 4.79 Å². The molecule has 2 nitrogen and oxygen atoms in total. The smallest absolute Gasteiger partial charge is 0.150 e. The van der Waals surface area contributed by atoms with E-state index in [0.29, 0.717) is 5.56 Å². The van der Waals surface area contributed by atoms with Crippen molar-refractivity contribution in [2.24, 2.45) is 0 Å². The molecule has 0 unspecified atom stereocenters. The van der Waals surface area contributed by atoms with Gasteiger partial charge in [-0.25, -0.2) is 0 Å². The molecule has 3 aromatic carbocycles. The molecule has 0 spiro atoms. The van der Waals surface area contributed by atoms with Gasteiger partial charge in [-0.15, -0.1) is 0 Å². The number of rotatable bonds is 4. The Morgan fingerprint density at radius 2 is 1.16 bits per heavy atom. The van der Waals surface area contributed by atoms with Crippen molar-refractivity contribution in [2.45, 2.75) is 26.2 Å². The zero-order valence-electron chi connectivity index (χ0n) is 14.9. The fourth-order valence-corrected chi connectivity index (χ4v) is 2.84. The van der Waals surface area contributed by atoms with Crippen LogP contribution in [0.5, 0.6) is 0 Å². The summed E-state index contributed by atoms with van der Waals surface area (Å²) in [6.45, 7) is 6.65. The van der Waals surface area contributed by atoms with E-state index in [9.17, 15) is 4.79 Å². The molecule has 0 amide bonds. The van der Waals surface area contributed by atoms with Crippen LogP contribution in [0.2, 0.25) is 0 Å². The zero-order valence-corrected chi connectivity index (χ0v) is 14.9. The number of para-hydroxylation sites is 1. The van der Waals surface area contributed by atoms with Crippen LogP contribution in [-0.4, -0.2) is 6.29 Å². The topological polar surface area (TPSA) is 20.3 Å². The second-order valence-corrected chi connectivity index (χ2v) is 7.18. The van der Waals surface area contributed by atoms with Crippen molar-refractivity contribution in [1.82, 2.24) is 0 Å². The number of benzene rings is 3. The molecule has 0 aromatic heterocycles. The molecule has 2 heteroatoms. The van der Waals surface area contributed by atoms with Crippen LogP contribution in [0.25, 0.3) is 0 Å². The quantitative estimate of drug-likeness (QED) is 0.526. The number of aldehydes is 1. The summed E-state index contributed by atoms with van der Waals surface area (Å²) < 4.78 is 0. The Balaban J connectivity index is 2.06. The standard InChI is InChI=1S/C23H23NO/c1-23(2,3)19-11-15-22(16-12-19)24(20-7-5-4-6-8-20)21-13-9-18(17-25)10-14-21/h4-17H,1-3H3. The molecule has 0 aliphatic heterocycles. The molecule has 0 bridgehead atoms. The summed E-state index contributed by atoms with van der Waals surface area (Å²) in [4.78, 5) is 13.1. The Bertz CT molecular complexity index is 828. The molecule has 0 radical (unpaired) electrons. The van der Waals surface area contributed by atoms with E-state index in [0.717, 1.165) is 23.3 Å². The van der Waals surface area contributed by atoms with Gasteiger partial charge >= 0.3 is 0 Å². The van der Waals surface area contributed by atoms with E-state index < -0.39 is 0 Å². The molecule has 0 saturated carbocycles. The van der Waals surface area contributed by atoms with E-state index in [1.165, 1.54) is 5.56 Å². The van der Waals surface area contributed by atoms with Crippen LogP contribution in [0.4, 0.5) is 17.1 Å². The molecule has 25 heavy (non-hydrogen) atoms. The Hall–Kier alpha value is -2.87. The van der Waals surface area contributed by atoms with Gasteiger partial charge in [0.1, 0.15) is 6.29 Å². The molecule has 0 aliphatic rings. The van der Waals surface area contributed by atoms with Gasteiger partial charge in [0.05, 0.1) is 0 Å². The van der Waals surface area contributed by atoms with Crippen molar-refractivity contribution in [3.05, 3.63) is 90.0 Å². The molecule has 3 rings (SSSR count). The molecule has 126 valence electrons. The maximum absolute atomic E-state index is 10.9. The summed E-state index contributed by atoms with van der Waals surface area (Å²) in [7, 11) is 0. The maximum Gasteiger partial charge on any atom is 0.150 e. The summed E-state index contributed by atoms with van der Waals surface area (Å²) >= 11 is 0. The van der Waals surface area contributed by atoms with Crippen LogP contribution in [-0.2, 0) is 5.41 Å². The van der Waals surface area contributed by atoms with Gasteiger partial charge in [-0.2, -0.15) is 0 Å². The first-order valence-electron chi connectivity index (χ1n) is 8.50.